The van der Waals surface area contributed by atoms with E-state index >= 15 is 0 Å². The van der Waals surface area contributed by atoms with Crippen LogP contribution in [-0.4, -0.2) is 36.1 Å². The third-order valence-corrected chi connectivity index (χ3v) is 4.25. The molecule has 0 spiro atoms. The van der Waals surface area contributed by atoms with Gasteiger partial charge in [0.1, 0.15) is 16.2 Å². The van der Waals surface area contributed by atoms with Crippen LogP contribution in [0.15, 0.2) is 34.9 Å². The molecule has 21 heavy (non-hydrogen) atoms. The van der Waals surface area contributed by atoms with Gasteiger partial charge in [-0.15, -0.1) is 0 Å². The quantitative estimate of drug-likeness (QED) is 0.760. The predicted molar refractivity (Wildman–Crippen MR) is 90.3 cm³/mol. The third kappa shape index (κ3) is 3.47. The summed E-state index contributed by atoms with van der Waals surface area (Å²) in [6.45, 7) is 5.76. The highest BCUT2D eigenvalue weighted by atomic mass is 79.9. The summed E-state index contributed by atoms with van der Waals surface area (Å²) in [6.07, 6.45) is 0. The lowest BCUT2D eigenvalue weighted by Gasteiger charge is -2.36. The van der Waals surface area contributed by atoms with Crippen LogP contribution < -0.4 is 9.80 Å². The van der Waals surface area contributed by atoms with E-state index in [0.29, 0.717) is 0 Å². The molecule has 1 aromatic heterocycles. The smallest absolute Gasteiger partial charge is 0.133 e. The van der Waals surface area contributed by atoms with E-state index in [4.69, 9.17) is 11.6 Å². The molecule has 6 heteroatoms. The normalized spacial score (nSPS) is 15.4. The molecule has 1 aliphatic rings. The van der Waals surface area contributed by atoms with Gasteiger partial charge in [-0.05, 0) is 47.1 Å². The molecule has 0 amide bonds. The number of rotatable bonds is 2. The summed E-state index contributed by atoms with van der Waals surface area (Å²) in [4.78, 5) is 13.4. The van der Waals surface area contributed by atoms with Gasteiger partial charge < -0.3 is 9.80 Å². The Morgan fingerprint density at radius 2 is 1.62 bits per heavy atom. The molecule has 4 nitrogen and oxygen atoms in total. The lowest BCUT2D eigenvalue weighted by molar-refractivity contribution is 0.645. The Bertz CT molecular complexity index is 604. The fourth-order valence-electron chi connectivity index (χ4n) is 2.52. The Hall–Kier alpha value is -1.33. The number of piperazine rings is 1. The summed E-state index contributed by atoms with van der Waals surface area (Å²) in [6, 6.07) is 10.0. The van der Waals surface area contributed by atoms with Crippen LogP contribution in [0, 0.1) is 6.92 Å². The van der Waals surface area contributed by atoms with Crippen LogP contribution in [0.25, 0.3) is 0 Å². The zero-order valence-corrected chi connectivity index (χ0v) is 14.1. The van der Waals surface area contributed by atoms with Crippen LogP contribution in [0.2, 0.25) is 5.02 Å². The molecule has 1 saturated heterocycles. The van der Waals surface area contributed by atoms with E-state index in [9.17, 15) is 0 Å². The van der Waals surface area contributed by atoms with Crippen molar-refractivity contribution in [3.8, 4) is 0 Å². The predicted octanol–water partition coefficient (Wildman–Crippen LogP) is 3.53. The van der Waals surface area contributed by atoms with Gasteiger partial charge in [0.05, 0.1) is 0 Å². The maximum absolute atomic E-state index is 5.94. The Morgan fingerprint density at radius 3 is 2.24 bits per heavy atom. The van der Waals surface area contributed by atoms with E-state index in [1.807, 2.05) is 25.1 Å². The van der Waals surface area contributed by atoms with Crippen LogP contribution in [0.5, 0.6) is 0 Å². The maximum Gasteiger partial charge on any atom is 0.133 e. The SMILES string of the molecule is Cc1nc(Br)cc(N2CCN(c3ccc(Cl)cc3)CC2)n1. The van der Waals surface area contributed by atoms with Crippen molar-refractivity contribution in [2.24, 2.45) is 0 Å². The molecule has 0 saturated carbocycles. The number of aryl methyl sites for hydroxylation is 1. The molecule has 0 radical (unpaired) electrons. The Morgan fingerprint density at radius 1 is 1.00 bits per heavy atom. The van der Waals surface area contributed by atoms with E-state index in [2.05, 4.69) is 47.8 Å². The average molecular weight is 368 g/mol. The van der Waals surface area contributed by atoms with Gasteiger partial charge in [0.15, 0.2) is 0 Å². The van der Waals surface area contributed by atoms with Gasteiger partial charge in [-0.2, -0.15) is 0 Å². The minimum absolute atomic E-state index is 0.777. The molecule has 0 unspecified atom stereocenters. The molecule has 110 valence electrons. The molecule has 2 heterocycles. The highest BCUT2D eigenvalue weighted by molar-refractivity contribution is 9.10. The molecule has 0 bridgehead atoms. The highest BCUT2D eigenvalue weighted by Gasteiger charge is 2.19. The molecule has 1 aromatic carbocycles. The first kappa shape index (κ1) is 14.6. The van der Waals surface area contributed by atoms with Gasteiger partial charge in [0.25, 0.3) is 0 Å². The fraction of sp³-hybridized carbons (Fsp3) is 0.333. The molecule has 0 N–H and O–H groups in total. The zero-order valence-electron chi connectivity index (χ0n) is 11.8. The monoisotopic (exact) mass is 366 g/mol. The van der Waals surface area contributed by atoms with Crippen molar-refractivity contribution in [2.45, 2.75) is 6.92 Å². The van der Waals surface area contributed by atoms with Gasteiger partial charge in [0, 0.05) is 43.0 Å². The second kappa shape index (κ2) is 6.20. The summed E-state index contributed by atoms with van der Waals surface area (Å²) in [5.41, 5.74) is 1.22. The number of aromatic nitrogens is 2. The van der Waals surface area contributed by atoms with Gasteiger partial charge in [-0.25, -0.2) is 9.97 Å². The number of nitrogens with zero attached hydrogens (tertiary/aromatic N) is 4. The molecular weight excluding hydrogens is 352 g/mol. The van der Waals surface area contributed by atoms with Gasteiger partial charge in [0.2, 0.25) is 0 Å². The van der Waals surface area contributed by atoms with Gasteiger partial charge in [-0.1, -0.05) is 11.6 Å². The van der Waals surface area contributed by atoms with Crippen molar-refractivity contribution in [1.29, 1.82) is 0 Å². The summed E-state index contributed by atoms with van der Waals surface area (Å²) in [5.74, 6) is 1.78. The maximum atomic E-state index is 5.94. The van der Waals surface area contributed by atoms with E-state index in [1.54, 1.807) is 0 Å². The summed E-state index contributed by atoms with van der Waals surface area (Å²) < 4.78 is 0.838. The molecule has 1 aliphatic heterocycles. The first-order valence-electron chi connectivity index (χ1n) is 6.88. The minimum Gasteiger partial charge on any atom is -0.368 e. The van der Waals surface area contributed by atoms with Crippen LogP contribution in [-0.2, 0) is 0 Å². The highest BCUT2D eigenvalue weighted by Crippen LogP contribution is 2.22. The van der Waals surface area contributed by atoms with Crippen molar-refractivity contribution in [1.82, 2.24) is 9.97 Å². The summed E-state index contributed by atoms with van der Waals surface area (Å²) >= 11 is 9.37. The summed E-state index contributed by atoms with van der Waals surface area (Å²) in [5, 5.41) is 0.777. The zero-order chi connectivity index (χ0) is 14.8. The number of benzene rings is 1. The summed E-state index contributed by atoms with van der Waals surface area (Å²) in [7, 11) is 0. The topological polar surface area (TPSA) is 32.3 Å². The second-order valence-corrected chi connectivity index (χ2v) is 6.30. The van der Waals surface area contributed by atoms with Crippen molar-refractivity contribution in [2.75, 3.05) is 36.0 Å². The Balaban J connectivity index is 1.68. The van der Waals surface area contributed by atoms with Crippen LogP contribution in [0.3, 0.4) is 0 Å². The molecule has 2 aromatic rings. The first-order chi connectivity index (χ1) is 10.1. The molecular formula is C15H16BrClN4. The van der Waals surface area contributed by atoms with Crippen LogP contribution in [0.4, 0.5) is 11.5 Å². The molecule has 3 rings (SSSR count). The standard InChI is InChI=1S/C15H16BrClN4/c1-11-18-14(16)10-15(19-11)21-8-6-20(7-9-21)13-4-2-12(17)3-5-13/h2-5,10H,6-9H2,1H3. The third-order valence-electron chi connectivity index (χ3n) is 3.59. The number of hydrogen-bond acceptors (Lipinski definition) is 4. The van der Waals surface area contributed by atoms with Crippen molar-refractivity contribution in [3.05, 3.63) is 45.8 Å². The molecule has 0 atom stereocenters. The second-order valence-electron chi connectivity index (χ2n) is 5.05. The largest absolute Gasteiger partial charge is 0.368 e. The molecule has 0 aliphatic carbocycles. The average Bonchev–Trinajstić information content (AvgIpc) is 2.47. The lowest BCUT2D eigenvalue weighted by atomic mass is 10.2. The van der Waals surface area contributed by atoms with Crippen molar-refractivity contribution in [3.63, 3.8) is 0 Å². The van der Waals surface area contributed by atoms with E-state index in [0.717, 1.165) is 47.4 Å². The Kier molecular flexibility index (Phi) is 4.31. The van der Waals surface area contributed by atoms with Gasteiger partial charge >= 0.3 is 0 Å². The lowest BCUT2D eigenvalue weighted by Crippen LogP contribution is -2.46. The van der Waals surface area contributed by atoms with Crippen LogP contribution in [0.1, 0.15) is 5.82 Å². The van der Waals surface area contributed by atoms with Crippen LogP contribution >= 0.6 is 27.5 Å². The molecule has 1 fully saturated rings. The number of anilines is 2. The van der Waals surface area contributed by atoms with Crippen molar-refractivity contribution < 1.29 is 0 Å². The number of hydrogen-bond donors (Lipinski definition) is 0. The van der Waals surface area contributed by atoms with E-state index in [-0.39, 0.29) is 0 Å². The fourth-order valence-corrected chi connectivity index (χ4v) is 3.11. The van der Waals surface area contributed by atoms with Crippen molar-refractivity contribution >= 4 is 39.0 Å². The van der Waals surface area contributed by atoms with Gasteiger partial charge in [-0.3, -0.25) is 0 Å². The number of halogens is 2. The van der Waals surface area contributed by atoms with E-state index in [1.165, 1.54) is 5.69 Å². The van der Waals surface area contributed by atoms with E-state index < -0.39 is 0 Å². The first-order valence-corrected chi connectivity index (χ1v) is 8.05. The Labute approximate surface area is 137 Å². The minimum atomic E-state index is 0.777.